The van der Waals surface area contributed by atoms with Crippen molar-refractivity contribution in [2.24, 2.45) is 5.92 Å². The number of hydrogen-bond acceptors (Lipinski definition) is 6. The molecule has 3 aliphatic rings. The van der Waals surface area contributed by atoms with Crippen LogP contribution in [0.2, 0.25) is 0 Å². The molecule has 29 heavy (non-hydrogen) atoms. The predicted molar refractivity (Wildman–Crippen MR) is 106 cm³/mol. The molecule has 158 valence electrons. The third-order valence-electron chi connectivity index (χ3n) is 5.97. The number of nitrogens with zero attached hydrogens (tertiary/aromatic N) is 3. The number of hydrogen-bond donors (Lipinski definition) is 0. The molecule has 2 saturated heterocycles. The summed E-state index contributed by atoms with van der Waals surface area (Å²) in [4.78, 5) is 31.3. The van der Waals surface area contributed by atoms with Crippen LogP contribution >= 0.6 is 0 Å². The first-order valence-corrected chi connectivity index (χ1v) is 10.2. The highest BCUT2D eigenvalue weighted by Gasteiger charge is 2.39. The number of amides is 2. The van der Waals surface area contributed by atoms with E-state index in [9.17, 15) is 9.59 Å². The summed E-state index contributed by atoms with van der Waals surface area (Å²) in [6.45, 7) is 7.10. The van der Waals surface area contributed by atoms with Gasteiger partial charge in [0.25, 0.3) is 0 Å². The van der Waals surface area contributed by atoms with Crippen LogP contribution in [0.15, 0.2) is 18.2 Å². The quantitative estimate of drug-likeness (QED) is 0.704. The van der Waals surface area contributed by atoms with Crippen LogP contribution in [0, 0.1) is 5.92 Å². The van der Waals surface area contributed by atoms with Crippen molar-refractivity contribution in [2.45, 2.75) is 25.9 Å². The molecule has 0 N–H and O–H groups in total. The lowest BCUT2D eigenvalue weighted by molar-refractivity contribution is -0.137. The van der Waals surface area contributed by atoms with Gasteiger partial charge in [0, 0.05) is 52.8 Å². The third-order valence-corrected chi connectivity index (χ3v) is 5.97. The average Bonchev–Trinajstić information content (AvgIpc) is 3.34. The highest BCUT2D eigenvalue weighted by molar-refractivity contribution is 5.89. The normalized spacial score (nSPS) is 23.0. The maximum atomic E-state index is 12.9. The van der Waals surface area contributed by atoms with Gasteiger partial charge in [-0.2, -0.15) is 0 Å². The molecule has 4 rings (SSSR count). The van der Waals surface area contributed by atoms with Crippen LogP contribution < -0.4 is 9.47 Å². The molecule has 2 fully saturated rings. The summed E-state index contributed by atoms with van der Waals surface area (Å²) >= 11 is 0. The van der Waals surface area contributed by atoms with Gasteiger partial charge in [0.1, 0.15) is 0 Å². The van der Waals surface area contributed by atoms with E-state index in [1.54, 1.807) is 12.0 Å². The summed E-state index contributed by atoms with van der Waals surface area (Å²) in [5.41, 5.74) is 1.18. The van der Waals surface area contributed by atoms with Crippen LogP contribution in [0.25, 0.3) is 0 Å². The molecule has 1 aromatic carbocycles. The van der Waals surface area contributed by atoms with E-state index < -0.39 is 0 Å². The lowest BCUT2D eigenvalue weighted by Gasteiger charge is -2.36. The maximum absolute atomic E-state index is 12.9. The number of fused-ring (bicyclic) bond motifs is 1. The molecule has 0 spiro atoms. The molecule has 0 saturated carbocycles. The number of rotatable bonds is 6. The second-order valence-corrected chi connectivity index (χ2v) is 8.04. The van der Waals surface area contributed by atoms with Crippen molar-refractivity contribution in [3.05, 3.63) is 23.8 Å². The standard InChI is InChI=1S/C21H29N3O5/c1-15(13-27-2)24-12-17(10-20(24)25)21(26)23-7-5-22(6-8-23)11-16-3-4-18-19(9-16)29-14-28-18/h3-4,9,15,17H,5-8,10-14H2,1-2H3/t15-,17-/m1/s1. The molecule has 0 aliphatic carbocycles. The molecule has 0 radical (unpaired) electrons. The molecule has 2 amide bonds. The molecule has 0 aromatic heterocycles. The van der Waals surface area contributed by atoms with Crippen LogP contribution in [0.5, 0.6) is 11.5 Å². The van der Waals surface area contributed by atoms with Crippen molar-refractivity contribution in [2.75, 3.05) is 53.2 Å². The fourth-order valence-electron chi connectivity index (χ4n) is 4.34. The zero-order chi connectivity index (χ0) is 20.4. The minimum atomic E-state index is -0.234. The van der Waals surface area contributed by atoms with E-state index in [0.717, 1.165) is 31.1 Å². The molecule has 0 bridgehead atoms. The van der Waals surface area contributed by atoms with Gasteiger partial charge < -0.3 is 24.0 Å². The van der Waals surface area contributed by atoms with Gasteiger partial charge in [-0.15, -0.1) is 0 Å². The van der Waals surface area contributed by atoms with Gasteiger partial charge >= 0.3 is 0 Å². The summed E-state index contributed by atoms with van der Waals surface area (Å²) in [6.07, 6.45) is 0.310. The predicted octanol–water partition coefficient (Wildman–Crippen LogP) is 0.943. The van der Waals surface area contributed by atoms with Crippen LogP contribution in [-0.2, 0) is 20.9 Å². The summed E-state index contributed by atoms with van der Waals surface area (Å²) in [7, 11) is 1.63. The Labute approximate surface area is 171 Å². The Morgan fingerprint density at radius 1 is 1.21 bits per heavy atom. The number of methoxy groups -OCH3 is 1. The molecule has 3 heterocycles. The lowest BCUT2D eigenvalue weighted by atomic mass is 10.1. The van der Waals surface area contributed by atoms with Gasteiger partial charge in [0.05, 0.1) is 18.6 Å². The topological polar surface area (TPSA) is 71.6 Å². The Balaban J connectivity index is 1.27. The summed E-state index contributed by atoms with van der Waals surface area (Å²) in [5, 5.41) is 0. The Morgan fingerprint density at radius 3 is 2.72 bits per heavy atom. The molecule has 8 heteroatoms. The van der Waals surface area contributed by atoms with Crippen molar-refractivity contribution in [3.63, 3.8) is 0 Å². The van der Waals surface area contributed by atoms with Gasteiger partial charge in [-0.05, 0) is 24.6 Å². The number of likely N-dealkylation sites (tertiary alicyclic amines) is 1. The van der Waals surface area contributed by atoms with E-state index in [2.05, 4.69) is 11.0 Å². The summed E-state index contributed by atoms with van der Waals surface area (Å²) in [6, 6.07) is 6.04. The summed E-state index contributed by atoms with van der Waals surface area (Å²) in [5.74, 6) is 1.52. The molecule has 3 aliphatic heterocycles. The van der Waals surface area contributed by atoms with E-state index in [4.69, 9.17) is 14.2 Å². The maximum Gasteiger partial charge on any atom is 0.231 e. The second kappa shape index (κ2) is 8.59. The Bertz CT molecular complexity index is 763. The average molecular weight is 403 g/mol. The van der Waals surface area contributed by atoms with E-state index in [-0.39, 0.29) is 30.6 Å². The third kappa shape index (κ3) is 4.33. The van der Waals surface area contributed by atoms with Crippen molar-refractivity contribution in [1.29, 1.82) is 0 Å². The highest BCUT2D eigenvalue weighted by Crippen LogP contribution is 2.33. The monoisotopic (exact) mass is 403 g/mol. The highest BCUT2D eigenvalue weighted by atomic mass is 16.7. The van der Waals surface area contributed by atoms with E-state index >= 15 is 0 Å². The fraction of sp³-hybridized carbons (Fsp3) is 0.619. The van der Waals surface area contributed by atoms with Crippen LogP contribution in [0.4, 0.5) is 0 Å². The Hall–Kier alpha value is -2.32. The SMILES string of the molecule is COC[C@@H](C)N1C[C@H](C(=O)N2CCN(Cc3ccc4c(c3)OCO4)CC2)CC1=O. The number of carbonyl (C=O) groups is 2. The first-order chi connectivity index (χ1) is 14.0. The van der Waals surface area contributed by atoms with Gasteiger partial charge in [-0.3, -0.25) is 14.5 Å². The van der Waals surface area contributed by atoms with Crippen LogP contribution in [-0.4, -0.2) is 85.8 Å². The van der Waals surface area contributed by atoms with E-state index in [0.29, 0.717) is 32.7 Å². The number of piperazine rings is 1. The minimum Gasteiger partial charge on any atom is -0.454 e. The van der Waals surface area contributed by atoms with Crippen molar-refractivity contribution >= 4 is 11.8 Å². The van der Waals surface area contributed by atoms with Crippen molar-refractivity contribution in [1.82, 2.24) is 14.7 Å². The minimum absolute atomic E-state index is 0.00356. The summed E-state index contributed by atoms with van der Waals surface area (Å²) < 4.78 is 16.0. The van der Waals surface area contributed by atoms with E-state index in [1.165, 1.54) is 5.56 Å². The lowest BCUT2D eigenvalue weighted by Crippen LogP contribution is -2.50. The first-order valence-electron chi connectivity index (χ1n) is 10.2. The smallest absolute Gasteiger partial charge is 0.231 e. The first kappa shape index (κ1) is 20.0. The Morgan fingerprint density at radius 2 is 1.97 bits per heavy atom. The number of benzene rings is 1. The fourth-order valence-corrected chi connectivity index (χ4v) is 4.34. The molecular weight excluding hydrogens is 374 g/mol. The molecular formula is C21H29N3O5. The molecule has 2 atom stereocenters. The van der Waals surface area contributed by atoms with Gasteiger partial charge in [-0.1, -0.05) is 6.07 Å². The zero-order valence-corrected chi connectivity index (χ0v) is 17.1. The molecule has 1 aromatic rings. The molecule has 0 unspecified atom stereocenters. The Kier molecular flexibility index (Phi) is 5.91. The van der Waals surface area contributed by atoms with Crippen LogP contribution in [0.1, 0.15) is 18.9 Å². The van der Waals surface area contributed by atoms with Gasteiger partial charge in [0.15, 0.2) is 11.5 Å². The molecule has 8 nitrogen and oxygen atoms in total. The number of carbonyl (C=O) groups excluding carboxylic acids is 2. The van der Waals surface area contributed by atoms with Gasteiger partial charge in [-0.25, -0.2) is 0 Å². The number of ether oxygens (including phenoxy) is 3. The largest absolute Gasteiger partial charge is 0.454 e. The van der Waals surface area contributed by atoms with Crippen LogP contribution in [0.3, 0.4) is 0 Å². The van der Waals surface area contributed by atoms with Gasteiger partial charge in [0.2, 0.25) is 18.6 Å². The van der Waals surface area contributed by atoms with Crippen molar-refractivity contribution in [3.8, 4) is 11.5 Å². The second-order valence-electron chi connectivity index (χ2n) is 8.04. The van der Waals surface area contributed by atoms with E-state index in [1.807, 2.05) is 24.0 Å². The van der Waals surface area contributed by atoms with Crippen molar-refractivity contribution < 1.29 is 23.8 Å². The zero-order valence-electron chi connectivity index (χ0n) is 17.1.